The number of carbonyl (C=O) groups is 1. The summed E-state index contributed by atoms with van der Waals surface area (Å²) >= 11 is 0. The van der Waals surface area contributed by atoms with Crippen LogP contribution in [0.4, 0.5) is 8.78 Å². The summed E-state index contributed by atoms with van der Waals surface area (Å²) in [4.78, 5) is 17.0. The molecule has 146 valence electrons. The number of hydrogen-bond donors (Lipinski definition) is 1. The number of fused-ring (bicyclic) bond motifs is 2. The molecule has 6 nitrogen and oxygen atoms in total. The topological polar surface area (TPSA) is 65.4 Å². The van der Waals surface area contributed by atoms with Crippen molar-refractivity contribution in [3.63, 3.8) is 0 Å². The van der Waals surface area contributed by atoms with Gasteiger partial charge in [0.25, 0.3) is 0 Å². The molecule has 1 N–H and O–H groups in total. The summed E-state index contributed by atoms with van der Waals surface area (Å²) in [5.41, 5.74) is 1.53. The van der Waals surface area contributed by atoms with Crippen LogP contribution in [0.15, 0.2) is 36.7 Å². The standard InChI is InChI=1S/C20H19F2N3O3/c1-11(2)19(25-9-24-15-6-13(21)14(22)7-16(15)25)20(26)23-8-12-3-4-17-18(5-12)28-10-27-17/h3-7,9,11,19H,8,10H2,1-2H3,(H,23,26). The van der Waals surface area contributed by atoms with Gasteiger partial charge in [-0.3, -0.25) is 4.79 Å². The zero-order valence-electron chi connectivity index (χ0n) is 15.4. The van der Waals surface area contributed by atoms with E-state index in [9.17, 15) is 13.6 Å². The highest BCUT2D eigenvalue weighted by atomic mass is 19.2. The molecular formula is C20H19F2N3O3. The number of imidazole rings is 1. The number of ether oxygens (including phenoxy) is 2. The Balaban J connectivity index is 1.56. The first-order valence-electron chi connectivity index (χ1n) is 8.92. The SMILES string of the molecule is CC(C)C(C(=O)NCc1ccc2c(c1)OCO2)n1cnc2cc(F)c(F)cc21. The van der Waals surface area contributed by atoms with Gasteiger partial charge in [0.2, 0.25) is 12.7 Å². The van der Waals surface area contributed by atoms with Crippen LogP contribution < -0.4 is 14.8 Å². The van der Waals surface area contributed by atoms with Gasteiger partial charge in [-0.15, -0.1) is 0 Å². The highest BCUT2D eigenvalue weighted by molar-refractivity contribution is 5.84. The van der Waals surface area contributed by atoms with Gasteiger partial charge in [-0.2, -0.15) is 0 Å². The normalized spacial score (nSPS) is 13.9. The van der Waals surface area contributed by atoms with Gasteiger partial charge < -0.3 is 19.4 Å². The predicted octanol–water partition coefficient (Wildman–Crippen LogP) is 3.56. The second kappa shape index (κ2) is 7.10. The monoisotopic (exact) mass is 387 g/mol. The Morgan fingerprint density at radius 1 is 1.18 bits per heavy atom. The number of aromatic nitrogens is 2. The Kier molecular flexibility index (Phi) is 4.62. The second-order valence-electron chi connectivity index (χ2n) is 7.00. The van der Waals surface area contributed by atoms with E-state index in [1.165, 1.54) is 6.33 Å². The Morgan fingerprint density at radius 2 is 1.93 bits per heavy atom. The molecule has 1 aliphatic heterocycles. The van der Waals surface area contributed by atoms with Crippen LogP contribution in [0, 0.1) is 17.6 Å². The molecule has 0 spiro atoms. The summed E-state index contributed by atoms with van der Waals surface area (Å²) < 4.78 is 39.4. The number of benzene rings is 2. The Hall–Kier alpha value is -3.16. The molecule has 1 aromatic heterocycles. The largest absolute Gasteiger partial charge is 0.454 e. The van der Waals surface area contributed by atoms with E-state index in [1.807, 2.05) is 26.0 Å². The number of amides is 1. The fourth-order valence-electron chi connectivity index (χ4n) is 3.34. The second-order valence-corrected chi connectivity index (χ2v) is 7.00. The van der Waals surface area contributed by atoms with E-state index in [4.69, 9.17) is 9.47 Å². The minimum Gasteiger partial charge on any atom is -0.454 e. The molecule has 8 heteroatoms. The van der Waals surface area contributed by atoms with Gasteiger partial charge in [0, 0.05) is 18.7 Å². The van der Waals surface area contributed by atoms with Gasteiger partial charge in [0.15, 0.2) is 23.1 Å². The first-order chi connectivity index (χ1) is 13.4. The van der Waals surface area contributed by atoms with E-state index in [2.05, 4.69) is 10.3 Å². The van der Waals surface area contributed by atoms with Gasteiger partial charge in [0.05, 0.1) is 17.4 Å². The van der Waals surface area contributed by atoms with E-state index in [1.54, 1.807) is 10.6 Å². The van der Waals surface area contributed by atoms with E-state index >= 15 is 0 Å². The highest BCUT2D eigenvalue weighted by Crippen LogP contribution is 2.32. The van der Waals surface area contributed by atoms with E-state index in [0.29, 0.717) is 29.1 Å². The van der Waals surface area contributed by atoms with Crippen LogP contribution in [-0.2, 0) is 11.3 Å². The third-order valence-corrected chi connectivity index (χ3v) is 4.72. The summed E-state index contributed by atoms with van der Waals surface area (Å²) in [5.74, 6) is -0.956. The summed E-state index contributed by atoms with van der Waals surface area (Å²) in [6.07, 6.45) is 1.44. The number of nitrogens with one attached hydrogen (secondary N) is 1. The number of hydrogen-bond acceptors (Lipinski definition) is 4. The average Bonchev–Trinajstić information content (AvgIpc) is 3.27. The minimum atomic E-state index is -0.975. The molecule has 0 radical (unpaired) electrons. The predicted molar refractivity (Wildman–Crippen MR) is 97.9 cm³/mol. The van der Waals surface area contributed by atoms with E-state index in [-0.39, 0.29) is 18.6 Å². The molecule has 0 aliphatic carbocycles. The molecule has 2 aromatic carbocycles. The van der Waals surface area contributed by atoms with Crippen LogP contribution in [0.5, 0.6) is 11.5 Å². The molecule has 0 fully saturated rings. The lowest BCUT2D eigenvalue weighted by atomic mass is 10.0. The van der Waals surface area contributed by atoms with Crippen molar-refractivity contribution in [1.82, 2.24) is 14.9 Å². The molecule has 1 amide bonds. The van der Waals surface area contributed by atoms with E-state index in [0.717, 1.165) is 17.7 Å². The molecule has 3 aromatic rings. The lowest BCUT2D eigenvalue weighted by molar-refractivity contribution is -0.125. The Labute approximate surface area is 160 Å². The van der Waals surface area contributed by atoms with Gasteiger partial charge >= 0.3 is 0 Å². The summed E-state index contributed by atoms with van der Waals surface area (Å²) in [6, 6.07) is 6.94. The van der Waals surface area contributed by atoms with E-state index < -0.39 is 17.7 Å². The first-order valence-corrected chi connectivity index (χ1v) is 8.92. The maximum atomic E-state index is 13.7. The lowest BCUT2D eigenvalue weighted by Crippen LogP contribution is -2.34. The van der Waals surface area contributed by atoms with Gasteiger partial charge in [-0.25, -0.2) is 13.8 Å². The molecule has 1 atom stereocenters. The highest BCUT2D eigenvalue weighted by Gasteiger charge is 2.26. The van der Waals surface area contributed by atoms with Gasteiger partial charge in [-0.1, -0.05) is 19.9 Å². The zero-order chi connectivity index (χ0) is 19.8. The first kappa shape index (κ1) is 18.2. The van der Waals surface area contributed by atoms with Crippen molar-refractivity contribution >= 4 is 16.9 Å². The molecule has 0 saturated heterocycles. The zero-order valence-corrected chi connectivity index (χ0v) is 15.4. The van der Waals surface area contributed by atoms with Crippen molar-refractivity contribution in [3.05, 3.63) is 53.9 Å². The van der Waals surface area contributed by atoms with Crippen molar-refractivity contribution in [3.8, 4) is 11.5 Å². The van der Waals surface area contributed by atoms with Crippen LogP contribution in [-0.4, -0.2) is 22.3 Å². The van der Waals surface area contributed by atoms with Crippen molar-refractivity contribution in [2.45, 2.75) is 26.4 Å². The van der Waals surface area contributed by atoms with Crippen LogP contribution in [0.2, 0.25) is 0 Å². The molecule has 4 rings (SSSR count). The summed E-state index contributed by atoms with van der Waals surface area (Å²) in [7, 11) is 0. The number of halogens is 2. The number of nitrogens with zero attached hydrogens (tertiary/aromatic N) is 2. The quantitative estimate of drug-likeness (QED) is 0.727. The molecule has 2 heterocycles. The van der Waals surface area contributed by atoms with Gasteiger partial charge in [-0.05, 0) is 23.6 Å². The Bertz CT molecular complexity index is 1050. The van der Waals surface area contributed by atoms with Crippen molar-refractivity contribution in [1.29, 1.82) is 0 Å². The molecule has 0 saturated carbocycles. The minimum absolute atomic E-state index is 0.0951. The van der Waals surface area contributed by atoms with Crippen molar-refractivity contribution < 1.29 is 23.0 Å². The van der Waals surface area contributed by atoms with Crippen LogP contribution in [0.1, 0.15) is 25.5 Å². The fraction of sp³-hybridized carbons (Fsp3) is 0.300. The van der Waals surface area contributed by atoms with Crippen LogP contribution >= 0.6 is 0 Å². The summed E-state index contributed by atoms with van der Waals surface area (Å²) in [5, 5.41) is 2.90. The molecule has 1 aliphatic rings. The molecule has 28 heavy (non-hydrogen) atoms. The van der Waals surface area contributed by atoms with Crippen molar-refractivity contribution in [2.75, 3.05) is 6.79 Å². The summed E-state index contributed by atoms with van der Waals surface area (Å²) in [6.45, 7) is 4.26. The smallest absolute Gasteiger partial charge is 0.243 e. The molecule has 0 bridgehead atoms. The van der Waals surface area contributed by atoms with Crippen LogP contribution in [0.25, 0.3) is 11.0 Å². The average molecular weight is 387 g/mol. The maximum Gasteiger partial charge on any atom is 0.243 e. The third kappa shape index (κ3) is 3.26. The van der Waals surface area contributed by atoms with Crippen molar-refractivity contribution in [2.24, 2.45) is 5.92 Å². The van der Waals surface area contributed by atoms with Crippen LogP contribution in [0.3, 0.4) is 0 Å². The molecule has 1 unspecified atom stereocenters. The molecular weight excluding hydrogens is 368 g/mol. The Morgan fingerprint density at radius 3 is 2.71 bits per heavy atom. The van der Waals surface area contributed by atoms with Gasteiger partial charge in [0.1, 0.15) is 6.04 Å². The maximum absolute atomic E-state index is 13.7. The number of carbonyl (C=O) groups excluding carboxylic acids is 1. The number of rotatable bonds is 5. The third-order valence-electron chi connectivity index (χ3n) is 4.72. The lowest BCUT2D eigenvalue weighted by Gasteiger charge is -2.22. The fourth-order valence-corrected chi connectivity index (χ4v) is 3.34.